The van der Waals surface area contributed by atoms with Crippen LogP contribution >= 0.6 is 23.2 Å². The first-order chi connectivity index (χ1) is 5.77. The van der Waals surface area contributed by atoms with Gasteiger partial charge in [0, 0.05) is 11.4 Å². The summed E-state index contributed by atoms with van der Waals surface area (Å²) < 4.78 is 0. The standard InChI is InChI=1S/C8H7Cl2NO/c9-5-6-2-1-3-7(4-6)8(10)11-12/h1-4,12H,5H2/b11-8+. The first-order valence-corrected chi connectivity index (χ1v) is 4.22. The number of hydrogen-bond donors (Lipinski definition) is 1. The van der Waals surface area contributed by atoms with Crippen LogP contribution in [0, 0.1) is 0 Å². The lowest BCUT2D eigenvalue weighted by atomic mass is 10.1. The van der Waals surface area contributed by atoms with E-state index in [1.165, 1.54) is 0 Å². The van der Waals surface area contributed by atoms with Gasteiger partial charge in [-0.25, -0.2) is 0 Å². The van der Waals surface area contributed by atoms with E-state index < -0.39 is 0 Å². The van der Waals surface area contributed by atoms with Crippen molar-refractivity contribution in [3.05, 3.63) is 35.4 Å². The average molecular weight is 204 g/mol. The lowest BCUT2D eigenvalue weighted by molar-refractivity contribution is 0.321. The Morgan fingerprint density at radius 3 is 2.83 bits per heavy atom. The van der Waals surface area contributed by atoms with Crippen LogP contribution < -0.4 is 0 Å². The third-order valence-corrected chi connectivity index (χ3v) is 2.01. The predicted molar refractivity (Wildman–Crippen MR) is 50.2 cm³/mol. The maximum Gasteiger partial charge on any atom is 0.175 e. The van der Waals surface area contributed by atoms with Crippen LogP contribution in [0.15, 0.2) is 29.4 Å². The molecule has 12 heavy (non-hydrogen) atoms. The Balaban J connectivity index is 3.02. The number of nitrogens with zero attached hydrogens (tertiary/aromatic N) is 1. The molecule has 0 fully saturated rings. The second kappa shape index (κ2) is 4.33. The van der Waals surface area contributed by atoms with E-state index in [1.54, 1.807) is 18.2 Å². The van der Waals surface area contributed by atoms with Crippen molar-refractivity contribution in [1.82, 2.24) is 0 Å². The van der Waals surface area contributed by atoms with Crippen molar-refractivity contribution < 1.29 is 5.21 Å². The Kier molecular flexibility index (Phi) is 3.38. The van der Waals surface area contributed by atoms with Gasteiger partial charge in [0.1, 0.15) is 0 Å². The van der Waals surface area contributed by atoms with Gasteiger partial charge < -0.3 is 5.21 Å². The number of benzene rings is 1. The summed E-state index contributed by atoms with van der Waals surface area (Å²) in [4.78, 5) is 0. The molecule has 0 heterocycles. The third kappa shape index (κ3) is 2.13. The van der Waals surface area contributed by atoms with Crippen LogP contribution in [0.4, 0.5) is 0 Å². The van der Waals surface area contributed by atoms with Crippen molar-refractivity contribution in [3.63, 3.8) is 0 Å². The smallest absolute Gasteiger partial charge is 0.175 e. The second-order valence-electron chi connectivity index (χ2n) is 2.22. The highest BCUT2D eigenvalue weighted by Crippen LogP contribution is 2.10. The van der Waals surface area contributed by atoms with Crippen molar-refractivity contribution in [2.45, 2.75) is 5.88 Å². The molecule has 4 heteroatoms. The van der Waals surface area contributed by atoms with E-state index in [2.05, 4.69) is 5.16 Å². The van der Waals surface area contributed by atoms with E-state index in [4.69, 9.17) is 28.4 Å². The van der Waals surface area contributed by atoms with Gasteiger partial charge >= 0.3 is 0 Å². The summed E-state index contributed by atoms with van der Waals surface area (Å²) in [7, 11) is 0. The molecule has 0 saturated heterocycles. The predicted octanol–water partition coefficient (Wildman–Crippen LogP) is 2.80. The minimum atomic E-state index is 0.0713. The third-order valence-electron chi connectivity index (χ3n) is 1.41. The van der Waals surface area contributed by atoms with Gasteiger partial charge in [-0.05, 0) is 11.6 Å². The van der Waals surface area contributed by atoms with Gasteiger partial charge in [-0.3, -0.25) is 0 Å². The topological polar surface area (TPSA) is 32.6 Å². The first kappa shape index (κ1) is 9.36. The minimum absolute atomic E-state index is 0.0713. The molecule has 1 aromatic rings. The summed E-state index contributed by atoms with van der Waals surface area (Å²) in [6.45, 7) is 0. The fraction of sp³-hybridized carbons (Fsp3) is 0.125. The molecule has 2 nitrogen and oxygen atoms in total. The van der Waals surface area contributed by atoms with Gasteiger partial charge in [0.2, 0.25) is 0 Å². The highest BCUT2D eigenvalue weighted by molar-refractivity contribution is 6.69. The Morgan fingerprint density at radius 1 is 1.50 bits per heavy atom. The maximum absolute atomic E-state index is 8.37. The second-order valence-corrected chi connectivity index (χ2v) is 2.85. The zero-order valence-electron chi connectivity index (χ0n) is 6.17. The molecule has 0 spiro atoms. The van der Waals surface area contributed by atoms with Crippen molar-refractivity contribution in [2.75, 3.05) is 0 Å². The first-order valence-electron chi connectivity index (χ1n) is 3.30. The molecule has 0 amide bonds. The molecule has 1 aromatic carbocycles. The van der Waals surface area contributed by atoms with Gasteiger partial charge in [0.15, 0.2) is 5.17 Å². The molecule has 0 saturated carbocycles. The molecule has 0 aliphatic rings. The molecule has 1 N–H and O–H groups in total. The van der Waals surface area contributed by atoms with Crippen molar-refractivity contribution in [2.24, 2.45) is 5.16 Å². The van der Waals surface area contributed by atoms with Crippen LogP contribution in [0.5, 0.6) is 0 Å². The summed E-state index contributed by atoms with van der Waals surface area (Å²) >= 11 is 11.2. The molecule has 0 radical (unpaired) electrons. The lowest BCUT2D eigenvalue weighted by Gasteiger charge is -1.98. The van der Waals surface area contributed by atoms with E-state index >= 15 is 0 Å². The van der Waals surface area contributed by atoms with Crippen LogP contribution in [0.25, 0.3) is 0 Å². The maximum atomic E-state index is 8.37. The van der Waals surface area contributed by atoms with Crippen molar-refractivity contribution in [1.29, 1.82) is 0 Å². The van der Waals surface area contributed by atoms with Gasteiger partial charge in [0.25, 0.3) is 0 Å². The highest BCUT2D eigenvalue weighted by Gasteiger charge is 2.00. The molecule has 0 bridgehead atoms. The normalized spacial score (nSPS) is 11.7. The summed E-state index contributed by atoms with van der Waals surface area (Å²) in [6, 6.07) is 7.20. The molecular weight excluding hydrogens is 197 g/mol. The molecule has 0 aliphatic heterocycles. The van der Waals surface area contributed by atoms with E-state index in [0.717, 1.165) is 5.56 Å². The number of oxime groups is 1. The Labute approximate surface area is 80.4 Å². The monoisotopic (exact) mass is 203 g/mol. The lowest BCUT2D eigenvalue weighted by Crippen LogP contribution is -1.91. The summed E-state index contributed by atoms with van der Waals surface area (Å²) in [6.07, 6.45) is 0. The SMILES string of the molecule is O/N=C(/Cl)c1cccc(CCl)c1. The van der Waals surface area contributed by atoms with Crippen LogP contribution in [0.2, 0.25) is 0 Å². The molecule has 0 atom stereocenters. The average Bonchev–Trinajstić information content (AvgIpc) is 2.17. The number of halogens is 2. The molecule has 64 valence electrons. The zero-order valence-corrected chi connectivity index (χ0v) is 7.68. The summed E-state index contributed by atoms with van der Waals surface area (Å²) in [5, 5.41) is 11.3. The van der Waals surface area contributed by atoms with Crippen LogP contribution in [-0.4, -0.2) is 10.4 Å². The van der Waals surface area contributed by atoms with E-state index in [0.29, 0.717) is 11.4 Å². The number of rotatable bonds is 2. The van der Waals surface area contributed by atoms with Crippen LogP contribution in [-0.2, 0) is 5.88 Å². The van der Waals surface area contributed by atoms with E-state index in [-0.39, 0.29) is 5.17 Å². The fourth-order valence-corrected chi connectivity index (χ4v) is 1.12. The van der Waals surface area contributed by atoms with E-state index in [1.807, 2.05) is 6.07 Å². The molecule has 0 aromatic heterocycles. The molecule has 0 unspecified atom stereocenters. The number of alkyl halides is 1. The highest BCUT2D eigenvalue weighted by atomic mass is 35.5. The van der Waals surface area contributed by atoms with E-state index in [9.17, 15) is 0 Å². The van der Waals surface area contributed by atoms with Crippen LogP contribution in [0.3, 0.4) is 0 Å². The van der Waals surface area contributed by atoms with Gasteiger partial charge in [0.05, 0.1) is 0 Å². The van der Waals surface area contributed by atoms with Crippen molar-refractivity contribution >= 4 is 28.4 Å². The molecule has 1 rings (SSSR count). The number of hydrogen-bond acceptors (Lipinski definition) is 2. The summed E-state index contributed by atoms with van der Waals surface area (Å²) in [5.74, 6) is 0.420. The van der Waals surface area contributed by atoms with Gasteiger partial charge in [-0.1, -0.05) is 35.0 Å². The van der Waals surface area contributed by atoms with Crippen molar-refractivity contribution in [3.8, 4) is 0 Å². The minimum Gasteiger partial charge on any atom is -0.410 e. The molecule has 0 aliphatic carbocycles. The summed E-state index contributed by atoms with van der Waals surface area (Å²) in [5.41, 5.74) is 1.60. The Morgan fingerprint density at radius 2 is 2.25 bits per heavy atom. The van der Waals surface area contributed by atoms with Crippen LogP contribution in [0.1, 0.15) is 11.1 Å². The fourth-order valence-electron chi connectivity index (χ4n) is 0.841. The quantitative estimate of drug-likeness (QED) is 0.341. The Hall–Kier alpha value is -0.730. The van der Waals surface area contributed by atoms with Gasteiger partial charge in [-0.2, -0.15) is 0 Å². The molecular formula is C8H7Cl2NO. The Bertz CT molecular complexity index is 299. The largest absolute Gasteiger partial charge is 0.410 e. The van der Waals surface area contributed by atoms with Gasteiger partial charge in [-0.15, -0.1) is 11.6 Å². The zero-order chi connectivity index (χ0) is 8.97.